The summed E-state index contributed by atoms with van der Waals surface area (Å²) in [5.41, 5.74) is 2.78. The fraction of sp³-hybridized carbons (Fsp3) is 0.333. The standard InChI is InChI=1S/C18H19NO3S/c1-13-6-8-15(9-7-13)23(20,21)19-12-14-10-11-22-18(14)16-4-2-3-5-17(16)19/h2-9,14,18H,10-12H2,1H3/t14-,18-/m0/s1. The fourth-order valence-electron chi connectivity index (χ4n) is 3.50. The highest BCUT2D eigenvalue weighted by Gasteiger charge is 2.41. The predicted octanol–water partition coefficient (Wildman–Crippen LogP) is 3.28. The van der Waals surface area contributed by atoms with Gasteiger partial charge in [-0.2, -0.15) is 0 Å². The molecule has 0 saturated carbocycles. The van der Waals surface area contributed by atoms with E-state index in [9.17, 15) is 8.42 Å². The molecule has 2 heterocycles. The molecule has 0 amide bonds. The van der Waals surface area contributed by atoms with E-state index >= 15 is 0 Å². The van der Waals surface area contributed by atoms with Crippen LogP contribution in [0.3, 0.4) is 0 Å². The zero-order chi connectivity index (χ0) is 16.0. The number of ether oxygens (including phenoxy) is 1. The van der Waals surface area contributed by atoms with Crippen molar-refractivity contribution in [1.82, 2.24) is 0 Å². The number of anilines is 1. The molecule has 0 spiro atoms. The summed E-state index contributed by atoms with van der Waals surface area (Å²) in [6, 6.07) is 14.7. The highest BCUT2D eigenvalue weighted by Crippen LogP contribution is 2.45. The van der Waals surface area contributed by atoms with E-state index in [1.54, 1.807) is 16.4 Å². The van der Waals surface area contributed by atoms with Gasteiger partial charge in [-0.1, -0.05) is 35.9 Å². The summed E-state index contributed by atoms with van der Waals surface area (Å²) in [5.74, 6) is 0.227. The SMILES string of the molecule is Cc1ccc(S(=O)(=O)N2C[C@@H]3CCO[C@@H]3c3ccccc32)cc1. The van der Waals surface area contributed by atoms with E-state index in [4.69, 9.17) is 4.74 Å². The molecule has 0 radical (unpaired) electrons. The second-order valence-corrected chi connectivity index (χ2v) is 8.11. The van der Waals surface area contributed by atoms with Gasteiger partial charge in [0.1, 0.15) is 0 Å². The lowest BCUT2D eigenvalue weighted by molar-refractivity contribution is 0.0900. The van der Waals surface area contributed by atoms with Gasteiger partial charge in [-0.3, -0.25) is 4.31 Å². The molecular weight excluding hydrogens is 310 g/mol. The summed E-state index contributed by atoms with van der Waals surface area (Å²) in [5, 5.41) is 0. The first-order chi connectivity index (χ1) is 11.1. The maximum Gasteiger partial charge on any atom is 0.264 e. The third-order valence-electron chi connectivity index (χ3n) is 4.74. The van der Waals surface area contributed by atoms with Crippen molar-refractivity contribution in [2.24, 2.45) is 5.92 Å². The van der Waals surface area contributed by atoms with Gasteiger partial charge in [-0.05, 0) is 31.5 Å². The van der Waals surface area contributed by atoms with Crippen LogP contribution in [0.1, 0.15) is 23.7 Å². The second-order valence-electron chi connectivity index (χ2n) is 6.25. The maximum atomic E-state index is 13.1. The fourth-order valence-corrected chi connectivity index (χ4v) is 5.04. The first-order valence-corrected chi connectivity index (χ1v) is 9.31. The molecule has 4 nitrogen and oxygen atoms in total. The van der Waals surface area contributed by atoms with Crippen LogP contribution in [0.25, 0.3) is 0 Å². The average molecular weight is 329 g/mol. The summed E-state index contributed by atoms with van der Waals surface area (Å²) in [6.07, 6.45) is 0.925. The molecular formula is C18H19NO3S. The van der Waals surface area contributed by atoms with E-state index < -0.39 is 10.0 Å². The number of nitrogens with zero attached hydrogens (tertiary/aromatic N) is 1. The van der Waals surface area contributed by atoms with Gasteiger partial charge in [0, 0.05) is 24.6 Å². The third kappa shape index (κ3) is 2.35. The second kappa shape index (κ2) is 5.35. The Kier molecular flexibility index (Phi) is 3.43. The Morgan fingerprint density at radius 1 is 1.09 bits per heavy atom. The molecule has 2 atom stereocenters. The van der Waals surface area contributed by atoms with Crippen LogP contribution < -0.4 is 4.31 Å². The number of rotatable bonds is 2. The summed E-state index contributed by atoms with van der Waals surface area (Å²) < 4.78 is 33.7. The van der Waals surface area contributed by atoms with Crippen LogP contribution in [0.5, 0.6) is 0 Å². The van der Waals surface area contributed by atoms with E-state index in [2.05, 4.69) is 0 Å². The minimum atomic E-state index is -3.55. The number of sulfonamides is 1. The van der Waals surface area contributed by atoms with Gasteiger partial charge >= 0.3 is 0 Å². The minimum absolute atomic E-state index is 0.0238. The Morgan fingerprint density at radius 2 is 1.83 bits per heavy atom. The Hall–Kier alpha value is -1.85. The quantitative estimate of drug-likeness (QED) is 0.849. The lowest BCUT2D eigenvalue weighted by atomic mass is 9.91. The Morgan fingerprint density at radius 3 is 2.61 bits per heavy atom. The van der Waals surface area contributed by atoms with E-state index in [-0.39, 0.29) is 12.0 Å². The summed E-state index contributed by atoms with van der Waals surface area (Å²) in [4.78, 5) is 0.343. The van der Waals surface area contributed by atoms with E-state index in [1.165, 1.54) is 0 Å². The molecule has 1 fully saturated rings. The number of benzene rings is 2. The first kappa shape index (κ1) is 14.7. The first-order valence-electron chi connectivity index (χ1n) is 7.87. The molecule has 23 heavy (non-hydrogen) atoms. The maximum absolute atomic E-state index is 13.1. The van der Waals surface area contributed by atoms with Crippen molar-refractivity contribution in [2.75, 3.05) is 17.5 Å². The van der Waals surface area contributed by atoms with Gasteiger partial charge in [0.25, 0.3) is 10.0 Å². The van der Waals surface area contributed by atoms with Crippen LogP contribution in [0, 0.1) is 12.8 Å². The average Bonchev–Trinajstić information content (AvgIpc) is 3.03. The van der Waals surface area contributed by atoms with E-state index in [0.29, 0.717) is 18.0 Å². The molecule has 0 N–H and O–H groups in total. The smallest absolute Gasteiger partial charge is 0.264 e. The lowest BCUT2D eigenvalue weighted by Crippen LogP contribution is -2.40. The molecule has 120 valence electrons. The van der Waals surface area contributed by atoms with Crippen molar-refractivity contribution < 1.29 is 13.2 Å². The van der Waals surface area contributed by atoms with Crippen molar-refractivity contribution in [3.63, 3.8) is 0 Å². The van der Waals surface area contributed by atoms with Gasteiger partial charge < -0.3 is 4.74 Å². The zero-order valence-electron chi connectivity index (χ0n) is 13.0. The summed E-state index contributed by atoms with van der Waals surface area (Å²) >= 11 is 0. The van der Waals surface area contributed by atoms with E-state index in [0.717, 1.165) is 23.2 Å². The van der Waals surface area contributed by atoms with E-state index in [1.807, 2.05) is 43.3 Å². The Labute approximate surface area is 136 Å². The monoisotopic (exact) mass is 329 g/mol. The minimum Gasteiger partial charge on any atom is -0.373 e. The topological polar surface area (TPSA) is 46.6 Å². The van der Waals surface area contributed by atoms with Crippen LogP contribution in [0.4, 0.5) is 5.69 Å². The molecule has 0 bridgehead atoms. The Bertz CT molecular complexity index is 830. The van der Waals surface area contributed by atoms with Gasteiger partial charge in [0.15, 0.2) is 0 Å². The van der Waals surface area contributed by atoms with Crippen molar-refractivity contribution in [3.05, 3.63) is 59.7 Å². The molecule has 5 heteroatoms. The van der Waals surface area contributed by atoms with Crippen molar-refractivity contribution in [1.29, 1.82) is 0 Å². The molecule has 0 aliphatic carbocycles. The van der Waals surface area contributed by atoms with Crippen molar-refractivity contribution in [3.8, 4) is 0 Å². The van der Waals surface area contributed by atoms with Gasteiger partial charge in [-0.15, -0.1) is 0 Å². The zero-order valence-corrected chi connectivity index (χ0v) is 13.8. The number of hydrogen-bond acceptors (Lipinski definition) is 3. The van der Waals surface area contributed by atoms with Crippen LogP contribution in [-0.4, -0.2) is 21.6 Å². The largest absolute Gasteiger partial charge is 0.373 e. The lowest BCUT2D eigenvalue weighted by Gasteiger charge is -2.36. The molecule has 2 aliphatic rings. The molecule has 2 aliphatic heterocycles. The molecule has 4 rings (SSSR count). The van der Waals surface area contributed by atoms with Gasteiger partial charge in [-0.25, -0.2) is 8.42 Å². The van der Waals surface area contributed by atoms with Crippen LogP contribution in [-0.2, 0) is 14.8 Å². The highest BCUT2D eigenvalue weighted by molar-refractivity contribution is 7.92. The molecule has 2 aromatic rings. The van der Waals surface area contributed by atoms with Crippen molar-refractivity contribution in [2.45, 2.75) is 24.3 Å². The highest BCUT2D eigenvalue weighted by atomic mass is 32.2. The Balaban J connectivity index is 1.82. The number of hydrogen-bond donors (Lipinski definition) is 0. The number of para-hydroxylation sites is 1. The molecule has 0 unspecified atom stereocenters. The van der Waals surface area contributed by atoms with Gasteiger partial charge in [0.2, 0.25) is 0 Å². The molecule has 2 aromatic carbocycles. The predicted molar refractivity (Wildman–Crippen MR) is 89.0 cm³/mol. The normalized spacial score (nSPS) is 23.4. The number of fused-ring (bicyclic) bond motifs is 3. The van der Waals surface area contributed by atoms with Crippen LogP contribution in [0.15, 0.2) is 53.4 Å². The van der Waals surface area contributed by atoms with Crippen LogP contribution in [0.2, 0.25) is 0 Å². The van der Waals surface area contributed by atoms with Gasteiger partial charge in [0.05, 0.1) is 16.7 Å². The molecule has 0 aromatic heterocycles. The summed E-state index contributed by atoms with van der Waals surface area (Å²) in [6.45, 7) is 3.13. The number of aryl methyl sites for hydroxylation is 1. The third-order valence-corrected chi connectivity index (χ3v) is 6.53. The summed E-state index contributed by atoms with van der Waals surface area (Å²) in [7, 11) is -3.55. The van der Waals surface area contributed by atoms with Crippen molar-refractivity contribution >= 4 is 15.7 Å². The molecule has 1 saturated heterocycles. The van der Waals surface area contributed by atoms with Crippen LogP contribution >= 0.6 is 0 Å².